The average molecular weight is 590 g/mol. The third kappa shape index (κ3) is 4.23. The predicted octanol–water partition coefficient (Wildman–Crippen LogP) is 11.4. The topological polar surface area (TPSA) is 30.7 Å². The number of aromatic nitrogens is 3. The highest BCUT2D eigenvalue weighted by molar-refractivity contribution is 7.22. The molecule has 0 spiro atoms. The summed E-state index contributed by atoms with van der Waals surface area (Å²) in [7, 11) is 0. The molecule has 44 heavy (non-hydrogen) atoms. The molecule has 5 aromatic carbocycles. The third-order valence-corrected chi connectivity index (χ3v) is 10.1. The fourth-order valence-electron chi connectivity index (χ4n) is 6.46. The van der Waals surface area contributed by atoms with Crippen LogP contribution in [0.15, 0.2) is 103 Å². The summed E-state index contributed by atoms with van der Waals surface area (Å²) < 4.78 is 3.59. The summed E-state index contributed by atoms with van der Waals surface area (Å²) in [6, 6.07) is 37.9. The van der Waals surface area contributed by atoms with Crippen molar-refractivity contribution >= 4 is 64.8 Å². The minimum Gasteiger partial charge on any atom is -0.292 e. The van der Waals surface area contributed by atoms with Crippen LogP contribution < -0.4 is 0 Å². The van der Waals surface area contributed by atoms with Crippen LogP contribution in [0.5, 0.6) is 0 Å². The molecule has 0 radical (unpaired) electrons. The Morgan fingerprint density at radius 3 is 1.64 bits per heavy atom. The molecule has 0 N–H and O–H groups in total. The van der Waals surface area contributed by atoms with E-state index in [0.717, 1.165) is 38.2 Å². The van der Waals surface area contributed by atoms with E-state index in [1.807, 2.05) is 0 Å². The van der Waals surface area contributed by atoms with E-state index < -0.39 is 0 Å². The Morgan fingerprint density at radius 2 is 1.07 bits per heavy atom. The molecule has 0 fully saturated rings. The maximum absolute atomic E-state index is 5.06. The van der Waals surface area contributed by atoms with Crippen molar-refractivity contribution in [2.24, 2.45) is 0 Å². The van der Waals surface area contributed by atoms with Gasteiger partial charge in [-0.15, -0.1) is 21.5 Å². The molecular formula is C40H35N3S. The second-order valence-corrected chi connectivity index (χ2v) is 15.1. The molecule has 0 atom stereocenters. The molecule has 0 saturated carbocycles. The second-order valence-electron chi connectivity index (χ2n) is 14.1. The van der Waals surface area contributed by atoms with E-state index >= 15 is 0 Å². The zero-order valence-corrected chi connectivity index (χ0v) is 26.9. The number of hydrogen-bond acceptors (Lipinski definition) is 3. The Bertz CT molecular complexity index is 2310. The van der Waals surface area contributed by atoms with Crippen molar-refractivity contribution in [2.45, 2.75) is 52.4 Å². The molecule has 0 aliphatic carbocycles. The minimum absolute atomic E-state index is 0.0432. The number of hydrogen-bond donors (Lipinski definition) is 0. The van der Waals surface area contributed by atoms with Crippen LogP contribution in [0.1, 0.15) is 52.7 Å². The lowest BCUT2D eigenvalue weighted by Crippen LogP contribution is -2.10. The lowest BCUT2D eigenvalue weighted by atomic mass is 9.85. The van der Waals surface area contributed by atoms with Crippen LogP contribution in [-0.4, -0.2) is 14.8 Å². The molecule has 3 nitrogen and oxygen atoms in total. The van der Waals surface area contributed by atoms with Gasteiger partial charge >= 0.3 is 0 Å². The van der Waals surface area contributed by atoms with Crippen LogP contribution in [0, 0.1) is 0 Å². The zero-order chi connectivity index (χ0) is 30.4. The summed E-state index contributed by atoms with van der Waals surface area (Å²) in [5.41, 5.74) is 5.97. The lowest BCUT2D eigenvalue weighted by molar-refractivity contribution is 0.590. The molecule has 3 aromatic heterocycles. The Labute approximate surface area is 261 Å². The van der Waals surface area contributed by atoms with Gasteiger partial charge in [0.15, 0.2) is 5.82 Å². The third-order valence-electron chi connectivity index (χ3n) is 8.99. The molecular weight excluding hydrogens is 555 g/mol. The molecule has 216 valence electrons. The Hall–Kier alpha value is -4.54. The standard InChI is InChI=1S/C40H35N3S/c1-39(2,3)27-15-17-33-29(22-27)30-23-28(40(4,5)6)16-18-34(30)43(33)38-32-20-25-12-8-7-11-24(25)19-31(32)37(41-42-38)36-21-26-13-9-10-14-35(26)44-36/h7-23H,1-6H3. The molecule has 3 heterocycles. The monoisotopic (exact) mass is 589 g/mol. The van der Waals surface area contributed by atoms with E-state index in [1.165, 1.54) is 42.8 Å². The SMILES string of the molecule is CC(C)(C)c1ccc2c(c1)c1cc(C(C)(C)C)ccc1n2-c1nnc(-c2cc3ccccc3s2)c2cc3ccccc3cc12. The van der Waals surface area contributed by atoms with Gasteiger partial charge in [-0.1, -0.05) is 96.1 Å². The van der Waals surface area contributed by atoms with E-state index in [0.29, 0.717) is 0 Å². The van der Waals surface area contributed by atoms with Crippen molar-refractivity contribution in [3.8, 4) is 16.4 Å². The fourth-order valence-corrected chi connectivity index (χ4v) is 7.52. The molecule has 4 heteroatoms. The highest BCUT2D eigenvalue weighted by atomic mass is 32.1. The van der Waals surface area contributed by atoms with E-state index in [1.54, 1.807) is 11.3 Å². The van der Waals surface area contributed by atoms with Crippen molar-refractivity contribution in [3.63, 3.8) is 0 Å². The van der Waals surface area contributed by atoms with Crippen LogP contribution >= 0.6 is 11.3 Å². The molecule has 0 amide bonds. The van der Waals surface area contributed by atoms with E-state index in [9.17, 15) is 0 Å². The predicted molar refractivity (Wildman–Crippen MR) is 190 cm³/mol. The van der Waals surface area contributed by atoms with Crippen LogP contribution in [0.2, 0.25) is 0 Å². The zero-order valence-electron chi connectivity index (χ0n) is 26.1. The van der Waals surface area contributed by atoms with Crippen molar-refractivity contribution in [1.82, 2.24) is 14.8 Å². The lowest BCUT2D eigenvalue weighted by Gasteiger charge is -2.19. The number of fused-ring (bicyclic) bond motifs is 6. The van der Waals surface area contributed by atoms with Crippen LogP contribution in [0.25, 0.3) is 69.8 Å². The van der Waals surface area contributed by atoms with Crippen molar-refractivity contribution in [1.29, 1.82) is 0 Å². The van der Waals surface area contributed by atoms with Gasteiger partial charge in [-0.25, -0.2) is 0 Å². The van der Waals surface area contributed by atoms with Crippen molar-refractivity contribution in [3.05, 3.63) is 114 Å². The van der Waals surface area contributed by atoms with Crippen molar-refractivity contribution < 1.29 is 0 Å². The molecule has 8 aromatic rings. The normalized spacial score (nSPS) is 12.8. The van der Waals surface area contributed by atoms with Gasteiger partial charge in [-0.05, 0) is 86.6 Å². The maximum atomic E-state index is 5.06. The maximum Gasteiger partial charge on any atom is 0.168 e. The van der Waals surface area contributed by atoms with Crippen LogP contribution in [0.4, 0.5) is 0 Å². The van der Waals surface area contributed by atoms with Crippen molar-refractivity contribution in [2.75, 3.05) is 0 Å². The first-order valence-corrected chi connectivity index (χ1v) is 16.2. The van der Waals surface area contributed by atoms with Gasteiger partial charge in [-0.3, -0.25) is 4.57 Å². The molecule has 0 unspecified atom stereocenters. The van der Waals surface area contributed by atoms with Gasteiger partial charge in [-0.2, -0.15) is 0 Å². The molecule has 0 aliphatic heterocycles. The molecule has 0 aliphatic rings. The Balaban J connectivity index is 1.48. The highest BCUT2D eigenvalue weighted by Crippen LogP contribution is 2.41. The van der Waals surface area contributed by atoms with Gasteiger partial charge < -0.3 is 0 Å². The summed E-state index contributed by atoms with van der Waals surface area (Å²) >= 11 is 1.78. The first kappa shape index (κ1) is 27.0. The summed E-state index contributed by atoms with van der Waals surface area (Å²) in [5.74, 6) is 0.864. The average Bonchev–Trinajstić information content (AvgIpc) is 3.57. The summed E-state index contributed by atoms with van der Waals surface area (Å²) in [5, 5.41) is 18.4. The smallest absolute Gasteiger partial charge is 0.168 e. The first-order valence-electron chi connectivity index (χ1n) is 15.3. The quantitative estimate of drug-likeness (QED) is 0.188. The fraction of sp³-hybridized carbons (Fsp3) is 0.200. The van der Waals surface area contributed by atoms with Crippen LogP contribution in [-0.2, 0) is 10.8 Å². The van der Waals surface area contributed by atoms with E-state index in [4.69, 9.17) is 10.2 Å². The van der Waals surface area contributed by atoms with Crippen LogP contribution in [0.3, 0.4) is 0 Å². The van der Waals surface area contributed by atoms with E-state index in [2.05, 4.69) is 149 Å². The Morgan fingerprint density at radius 1 is 0.523 bits per heavy atom. The number of nitrogens with zero attached hydrogens (tertiary/aromatic N) is 3. The van der Waals surface area contributed by atoms with Gasteiger partial charge in [0.1, 0.15) is 5.69 Å². The summed E-state index contributed by atoms with van der Waals surface area (Å²) in [6.45, 7) is 13.7. The molecule has 8 rings (SSSR count). The summed E-state index contributed by atoms with van der Waals surface area (Å²) in [6.07, 6.45) is 0. The number of benzene rings is 5. The van der Waals surface area contributed by atoms with Gasteiger partial charge in [0.25, 0.3) is 0 Å². The van der Waals surface area contributed by atoms with E-state index in [-0.39, 0.29) is 10.8 Å². The largest absolute Gasteiger partial charge is 0.292 e. The second kappa shape index (κ2) is 9.48. The number of thiophene rings is 1. The summed E-state index contributed by atoms with van der Waals surface area (Å²) in [4.78, 5) is 1.14. The minimum atomic E-state index is 0.0432. The highest BCUT2D eigenvalue weighted by Gasteiger charge is 2.23. The van der Waals surface area contributed by atoms with Gasteiger partial charge in [0, 0.05) is 26.2 Å². The first-order chi connectivity index (χ1) is 21.1. The van der Waals surface area contributed by atoms with Gasteiger partial charge in [0.2, 0.25) is 0 Å². The Kier molecular flexibility index (Phi) is 5.82. The number of rotatable bonds is 2. The van der Waals surface area contributed by atoms with Gasteiger partial charge in [0.05, 0.1) is 15.9 Å². The molecule has 0 saturated heterocycles. The molecule has 0 bridgehead atoms.